The highest BCUT2D eigenvalue weighted by molar-refractivity contribution is 6.35. The fourth-order valence-corrected chi connectivity index (χ4v) is 3.37. The third kappa shape index (κ3) is 4.83. The van der Waals surface area contributed by atoms with Crippen molar-refractivity contribution in [2.24, 2.45) is 0 Å². The number of aromatic nitrogens is 2. The number of benzene rings is 1. The van der Waals surface area contributed by atoms with E-state index in [1.165, 1.54) is 19.3 Å². The van der Waals surface area contributed by atoms with Crippen LogP contribution < -0.4 is 10.2 Å². The van der Waals surface area contributed by atoms with Gasteiger partial charge in [-0.2, -0.15) is 0 Å². The van der Waals surface area contributed by atoms with E-state index in [0.29, 0.717) is 28.7 Å². The third-order valence-corrected chi connectivity index (χ3v) is 4.85. The molecule has 0 atom stereocenters. The molecule has 7 heteroatoms. The fourth-order valence-electron chi connectivity index (χ4n) is 2.86. The van der Waals surface area contributed by atoms with Crippen LogP contribution in [0.2, 0.25) is 10.0 Å². The molecule has 1 aliphatic rings. The van der Waals surface area contributed by atoms with Crippen molar-refractivity contribution in [3.05, 3.63) is 51.6 Å². The molecule has 0 unspecified atom stereocenters. The van der Waals surface area contributed by atoms with E-state index < -0.39 is 0 Å². The summed E-state index contributed by atoms with van der Waals surface area (Å²) in [6.07, 6.45) is 4.25. The molecule has 0 aliphatic carbocycles. The van der Waals surface area contributed by atoms with E-state index in [1.54, 1.807) is 18.2 Å². The second kappa shape index (κ2) is 8.50. The van der Waals surface area contributed by atoms with Crippen molar-refractivity contribution >= 4 is 34.9 Å². The molecule has 132 valence electrons. The SMILES string of the molecule is O=C(NCCc1ccc(Cl)cc1Cl)c1ccc(N2CCCCC2)nn1. The Morgan fingerprint density at radius 1 is 1.08 bits per heavy atom. The number of amides is 1. The quantitative estimate of drug-likeness (QED) is 0.860. The average molecular weight is 379 g/mol. The van der Waals surface area contributed by atoms with Crippen LogP contribution in [0.15, 0.2) is 30.3 Å². The normalized spacial score (nSPS) is 14.4. The second-order valence-corrected chi connectivity index (χ2v) is 6.91. The van der Waals surface area contributed by atoms with Crippen molar-refractivity contribution < 1.29 is 4.79 Å². The Balaban J connectivity index is 1.52. The van der Waals surface area contributed by atoms with Crippen LogP contribution in [0.4, 0.5) is 5.82 Å². The van der Waals surface area contributed by atoms with Gasteiger partial charge in [-0.05, 0) is 55.5 Å². The van der Waals surface area contributed by atoms with Gasteiger partial charge in [0.05, 0.1) is 0 Å². The summed E-state index contributed by atoms with van der Waals surface area (Å²) in [5.41, 5.74) is 1.26. The third-order valence-electron chi connectivity index (χ3n) is 4.26. The molecular formula is C18H20Cl2N4O. The lowest BCUT2D eigenvalue weighted by molar-refractivity contribution is 0.0948. The van der Waals surface area contributed by atoms with Crippen molar-refractivity contribution in [3.63, 3.8) is 0 Å². The highest BCUT2D eigenvalue weighted by Gasteiger charge is 2.14. The molecule has 1 N–H and O–H groups in total. The molecule has 1 amide bonds. The van der Waals surface area contributed by atoms with Crippen molar-refractivity contribution in [1.29, 1.82) is 0 Å². The Bertz CT molecular complexity index is 730. The van der Waals surface area contributed by atoms with Crippen LogP contribution in [0, 0.1) is 0 Å². The van der Waals surface area contributed by atoms with E-state index in [0.717, 1.165) is 24.5 Å². The number of hydrogen-bond acceptors (Lipinski definition) is 4. The van der Waals surface area contributed by atoms with Crippen LogP contribution in [0.1, 0.15) is 35.3 Å². The lowest BCUT2D eigenvalue weighted by Crippen LogP contribution is -2.31. The van der Waals surface area contributed by atoms with E-state index in [2.05, 4.69) is 20.4 Å². The zero-order valence-electron chi connectivity index (χ0n) is 13.8. The summed E-state index contributed by atoms with van der Waals surface area (Å²) in [7, 11) is 0. The molecule has 1 saturated heterocycles. The number of halogens is 2. The number of hydrogen-bond donors (Lipinski definition) is 1. The number of anilines is 1. The second-order valence-electron chi connectivity index (χ2n) is 6.07. The minimum Gasteiger partial charge on any atom is -0.355 e. The predicted octanol–water partition coefficient (Wildman–Crippen LogP) is 3.75. The molecule has 0 radical (unpaired) electrons. The highest BCUT2D eigenvalue weighted by Crippen LogP contribution is 2.21. The molecule has 1 aromatic heterocycles. The molecule has 1 aromatic carbocycles. The van der Waals surface area contributed by atoms with Gasteiger partial charge in [0.25, 0.3) is 5.91 Å². The molecule has 0 bridgehead atoms. The molecule has 5 nitrogen and oxygen atoms in total. The summed E-state index contributed by atoms with van der Waals surface area (Å²) in [6, 6.07) is 8.94. The lowest BCUT2D eigenvalue weighted by atomic mass is 10.1. The van der Waals surface area contributed by atoms with Crippen LogP contribution in [-0.2, 0) is 6.42 Å². The fraction of sp³-hybridized carbons (Fsp3) is 0.389. The topological polar surface area (TPSA) is 58.1 Å². The summed E-state index contributed by atoms with van der Waals surface area (Å²) in [5.74, 6) is 0.604. The summed E-state index contributed by atoms with van der Waals surface area (Å²) in [6.45, 7) is 2.47. The van der Waals surface area contributed by atoms with Gasteiger partial charge < -0.3 is 10.2 Å². The van der Waals surface area contributed by atoms with E-state index >= 15 is 0 Å². The molecule has 1 aliphatic heterocycles. The maximum Gasteiger partial charge on any atom is 0.271 e. The molecule has 1 fully saturated rings. The van der Waals surface area contributed by atoms with Crippen LogP contribution in [0.3, 0.4) is 0 Å². The Morgan fingerprint density at radius 2 is 1.88 bits per heavy atom. The Morgan fingerprint density at radius 3 is 2.56 bits per heavy atom. The minimum absolute atomic E-state index is 0.234. The first-order valence-electron chi connectivity index (χ1n) is 8.44. The molecule has 25 heavy (non-hydrogen) atoms. The summed E-state index contributed by atoms with van der Waals surface area (Å²) in [4.78, 5) is 14.4. The number of piperidine rings is 1. The molecule has 0 saturated carbocycles. The van der Waals surface area contributed by atoms with Crippen molar-refractivity contribution in [3.8, 4) is 0 Å². The average Bonchev–Trinajstić information content (AvgIpc) is 2.64. The number of nitrogens with zero attached hydrogens (tertiary/aromatic N) is 3. The molecule has 2 aromatic rings. The van der Waals surface area contributed by atoms with Gasteiger partial charge in [0, 0.05) is 29.7 Å². The summed E-state index contributed by atoms with van der Waals surface area (Å²) < 4.78 is 0. The first-order valence-corrected chi connectivity index (χ1v) is 9.20. The minimum atomic E-state index is -0.234. The largest absolute Gasteiger partial charge is 0.355 e. The van der Waals surface area contributed by atoms with Gasteiger partial charge in [0.15, 0.2) is 11.5 Å². The van der Waals surface area contributed by atoms with Gasteiger partial charge >= 0.3 is 0 Å². The molecular weight excluding hydrogens is 359 g/mol. The molecule has 0 spiro atoms. The first-order chi connectivity index (χ1) is 12.1. The number of nitrogens with one attached hydrogen (secondary N) is 1. The van der Waals surface area contributed by atoms with E-state index in [-0.39, 0.29) is 5.91 Å². The summed E-state index contributed by atoms with van der Waals surface area (Å²) >= 11 is 12.0. The molecule has 2 heterocycles. The van der Waals surface area contributed by atoms with Crippen molar-refractivity contribution in [2.75, 3.05) is 24.5 Å². The maximum atomic E-state index is 12.2. The number of carbonyl (C=O) groups excluding carboxylic acids is 1. The van der Waals surface area contributed by atoms with Crippen LogP contribution >= 0.6 is 23.2 Å². The Kier molecular flexibility index (Phi) is 6.10. The van der Waals surface area contributed by atoms with Gasteiger partial charge in [-0.25, -0.2) is 0 Å². The van der Waals surface area contributed by atoms with Crippen LogP contribution in [0.25, 0.3) is 0 Å². The lowest BCUT2D eigenvalue weighted by Gasteiger charge is -2.27. The maximum absolute atomic E-state index is 12.2. The zero-order valence-corrected chi connectivity index (χ0v) is 15.4. The van der Waals surface area contributed by atoms with Crippen molar-refractivity contribution in [1.82, 2.24) is 15.5 Å². The monoisotopic (exact) mass is 378 g/mol. The van der Waals surface area contributed by atoms with Gasteiger partial charge in [-0.3, -0.25) is 4.79 Å². The van der Waals surface area contributed by atoms with Gasteiger partial charge in [0.2, 0.25) is 0 Å². The Hall–Kier alpha value is -1.85. The standard InChI is InChI=1S/C18H20Cl2N4O/c19-14-5-4-13(15(20)12-14)8-9-21-18(25)16-6-7-17(23-22-16)24-10-2-1-3-11-24/h4-7,12H,1-3,8-11H2,(H,21,25). The number of carbonyl (C=O) groups is 1. The van der Waals surface area contributed by atoms with Crippen molar-refractivity contribution in [2.45, 2.75) is 25.7 Å². The zero-order chi connectivity index (χ0) is 17.6. The van der Waals surface area contributed by atoms with Crippen LogP contribution in [0.5, 0.6) is 0 Å². The Labute approximate surface area is 157 Å². The van der Waals surface area contributed by atoms with Gasteiger partial charge in [-0.1, -0.05) is 29.3 Å². The molecule has 3 rings (SSSR count). The van der Waals surface area contributed by atoms with Gasteiger partial charge in [0.1, 0.15) is 0 Å². The van der Waals surface area contributed by atoms with E-state index in [9.17, 15) is 4.79 Å². The predicted molar refractivity (Wildman–Crippen MR) is 101 cm³/mol. The van der Waals surface area contributed by atoms with E-state index in [4.69, 9.17) is 23.2 Å². The van der Waals surface area contributed by atoms with Gasteiger partial charge in [-0.15, -0.1) is 10.2 Å². The highest BCUT2D eigenvalue weighted by atomic mass is 35.5. The van der Waals surface area contributed by atoms with Crippen LogP contribution in [-0.4, -0.2) is 35.7 Å². The number of rotatable bonds is 5. The smallest absolute Gasteiger partial charge is 0.271 e. The van der Waals surface area contributed by atoms with E-state index in [1.807, 2.05) is 12.1 Å². The summed E-state index contributed by atoms with van der Waals surface area (Å²) in [5, 5.41) is 12.3. The first kappa shape index (κ1) is 18.0.